The third kappa shape index (κ3) is 2.07. The molecule has 1 aliphatic rings. The van der Waals surface area contributed by atoms with Crippen molar-refractivity contribution in [2.45, 2.75) is 52.7 Å². The van der Waals surface area contributed by atoms with Crippen LogP contribution in [-0.2, 0) is 13.0 Å². The smallest absolute Gasteiger partial charge is 0.0682 e. The first-order valence-corrected chi connectivity index (χ1v) is 5.89. The molecule has 0 amide bonds. The molecule has 1 aliphatic heterocycles. The second kappa shape index (κ2) is 3.97. The van der Waals surface area contributed by atoms with Crippen LogP contribution in [-0.4, -0.2) is 27.3 Å². The van der Waals surface area contributed by atoms with Gasteiger partial charge in [-0.1, -0.05) is 0 Å². The molecule has 1 aromatic heterocycles. The van der Waals surface area contributed by atoms with Crippen LogP contribution in [0.4, 0.5) is 0 Å². The van der Waals surface area contributed by atoms with Crippen molar-refractivity contribution in [1.82, 2.24) is 14.7 Å². The predicted octanol–water partition coefficient (Wildman–Crippen LogP) is 2.23. The van der Waals surface area contributed by atoms with Crippen LogP contribution in [0.25, 0.3) is 0 Å². The summed E-state index contributed by atoms with van der Waals surface area (Å²) in [5.41, 5.74) is 2.73. The fourth-order valence-corrected chi connectivity index (χ4v) is 2.06. The third-order valence-corrected chi connectivity index (χ3v) is 3.16. The molecular formula is C12H21N3. The predicted molar refractivity (Wildman–Crippen MR) is 61.9 cm³/mol. The van der Waals surface area contributed by atoms with E-state index >= 15 is 0 Å². The summed E-state index contributed by atoms with van der Waals surface area (Å²) in [6, 6.07) is 1.11. The summed E-state index contributed by atoms with van der Waals surface area (Å²) in [7, 11) is 0. The van der Waals surface area contributed by atoms with E-state index in [0.717, 1.165) is 19.5 Å². The minimum atomic E-state index is 0.475. The van der Waals surface area contributed by atoms with Crippen molar-refractivity contribution in [3.63, 3.8) is 0 Å². The van der Waals surface area contributed by atoms with Gasteiger partial charge in [0.1, 0.15) is 0 Å². The molecule has 15 heavy (non-hydrogen) atoms. The van der Waals surface area contributed by atoms with Crippen molar-refractivity contribution in [3.05, 3.63) is 17.5 Å². The topological polar surface area (TPSA) is 21.1 Å². The average molecular weight is 207 g/mol. The SMILES string of the molecule is CC(C)N1CCc2nn(C(C)C)cc2C1. The molecule has 0 fully saturated rings. The minimum absolute atomic E-state index is 0.475. The number of aromatic nitrogens is 2. The van der Waals surface area contributed by atoms with E-state index in [1.54, 1.807) is 0 Å². The Morgan fingerprint density at radius 3 is 2.53 bits per heavy atom. The Hall–Kier alpha value is -0.830. The van der Waals surface area contributed by atoms with Gasteiger partial charge in [0, 0.05) is 43.4 Å². The van der Waals surface area contributed by atoms with Gasteiger partial charge in [-0.2, -0.15) is 5.10 Å². The van der Waals surface area contributed by atoms with Gasteiger partial charge in [0.05, 0.1) is 5.69 Å². The number of hydrogen-bond acceptors (Lipinski definition) is 2. The Kier molecular flexibility index (Phi) is 2.83. The van der Waals surface area contributed by atoms with Crippen LogP contribution < -0.4 is 0 Å². The summed E-state index contributed by atoms with van der Waals surface area (Å²) < 4.78 is 2.09. The molecule has 0 aliphatic carbocycles. The van der Waals surface area contributed by atoms with Gasteiger partial charge in [-0.05, 0) is 27.7 Å². The average Bonchev–Trinajstić information content (AvgIpc) is 2.59. The lowest BCUT2D eigenvalue weighted by Gasteiger charge is -2.29. The van der Waals surface area contributed by atoms with Crippen LogP contribution in [0.1, 0.15) is 45.0 Å². The van der Waals surface area contributed by atoms with E-state index < -0.39 is 0 Å². The van der Waals surface area contributed by atoms with Crippen LogP contribution in [0, 0.1) is 0 Å². The Balaban J connectivity index is 2.19. The molecule has 0 aromatic carbocycles. The summed E-state index contributed by atoms with van der Waals surface area (Å²) in [5, 5.41) is 4.63. The lowest BCUT2D eigenvalue weighted by atomic mass is 10.1. The first-order chi connectivity index (χ1) is 7.08. The van der Waals surface area contributed by atoms with E-state index in [1.807, 2.05) is 0 Å². The van der Waals surface area contributed by atoms with Crippen molar-refractivity contribution < 1.29 is 0 Å². The summed E-state index contributed by atoms with van der Waals surface area (Å²) in [6.07, 6.45) is 3.32. The number of rotatable bonds is 2. The van der Waals surface area contributed by atoms with E-state index in [9.17, 15) is 0 Å². The molecular weight excluding hydrogens is 186 g/mol. The van der Waals surface area contributed by atoms with Gasteiger partial charge in [0.2, 0.25) is 0 Å². The Labute approximate surface area is 92.1 Å². The molecule has 3 heteroatoms. The molecule has 0 saturated heterocycles. The van der Waals surface area contributed by atoms with Crippen molar-refractivity contribution in [2.24, 2.45) is 0 Å². The van der Waals surface area contributed by atoms with Crippen molar-refractivity contribution in [2.75, 3.05) is 6.54 Å². The molecule has 84 valence electrons. The van der Waals surface area contributed by atoms with Gasteiger partial charge in [0.25, 0.3) is 0 Å². The fourth-order valence-electron chi connectivity index (χ4n) is 2.06. The van der Waals surface area contributed by atoms with Crippen LogP contribution in [0.15, 0.2) is 6.20 Å². The zero-order valence-electron chi connectivity index (χ0n) is 10.2. The Morgan fingerprint density at radius 1 is 1.20 bits per heavy atom. The molecule has 2 heterocycles. The van der Waals surface area contributed by atoms with Gasteiger partial charge in [-0.25, -0.2) is 0 Å². The molecule has 0 saturated carbocycles. The maximum Gasteiger partial charge on any atom is 0.0682 e. The maximum atomic E-state index is 4.63. The van der Waals surface area contributed by atoms with E-state index in [0.29, 0.717) is 12.1 Å². The first kappa shape index (κ1) is 10.7. The van der Waals surface area contributed by atoms with E-state index in [-0.39, 0.29) is 0 Å². The molecule has 0 bridgehead atoms. The highest BCUT2D eigenvalue weighted by atomic mass is 15.3. The Bertz CT molecular complexity index is 339. The lowest BCUT2D eigenvalue weighted by molar-refractivity contribution is 0.203. The number of hydrogen-bond donors (Lipinski definition) is 0. The molecule has 1 aromatic rings. The third-order valence-electron chi connectivity index (χ3n) is 3.16. The standard InChI is InChI=1S/C12H21N3/c1-9(2)14-6-5-12-11(7-14)8-15(13-12)10(3)4/h8-10H,5-7H2,1-4H3. The largest absolute Gasteiger partial charge is 0.296 e. The van der Waals surface area contributed by atoms with Gasteiger partial charge < -0.3 is 0 Å². The Morgan fingerprint density at radius 2 is 1.93 bits per heavy atom. The van der Waals surface area contributed by atoms with Crippen molar-refractivity contribution in [3.8, 4) is 0 Å². The van der Waals surface area contributed by atoms with Crippen LogP contribution in [0.2, 0.25) is 0 Å². The zero-order chi connectivity index (χ0) is 11.0. The molecule has 0 spiro atoms. The molecule has 0 N–H and O–H groups in total. The summed E-state index contributed by atoms with van der Waals surface area (Å²) in [6.45, 7) is 11.1. The molecule has 0 radical (unpaired) electrons. The normalized spacial score (nSPS) is 17.5. The maximum absolute atomic E-state index is 4.63. The first-order valence-electron chi connectivity index (χ1n) is 5.89. The van der Waals surface area contributed by atoms with Crippen LogP contribution >= 0.6 is 0 Å². The highest BCUT2D eigenvalue weighted by Gasteiger charge is 2.21. The van der Waals surface area contributed by atoms with Gasteiger partial charge in [-0.15, -0.1) is 0 Å². The van der Waals surface area contributed by atoms with Crippen LogP contribution in [0.3, 0.4) is 0 Å². The summed E-state index contributed by atoms with van der Waals surface area (Å²) in [5.74, 6) is 0. The highest BCUT2D eigenvalue weighted by Crippen LogP contribution is 2.20. The number of nitrogens with zero attached hydrogens (tertiary/aromatic N) is 3. The number of fused-ring (bicyclic) bond motifs is 1. The summed E-state index contributed by atoms with van der Waals surface area (Å²) in [4.78, 5) is 2.51. The summed E-state index contributed by atoms with van der Waals surface area (Å²) >= 11 is 0. The minimum Gasteiger partial charge on any atom is -0.296 e. The van der Waals surface area contributed by atoms with E-state index in [1.165, 1.54) is 11.3 Å². The molecule has 0 unspecified atom stereocenters. The second-order valence-corrected chi connectivity index (χ2v) is 4.99. The van der Waals surface area contributed by atoms with Gasteiger partial charge in [0.15, 0.2) is 0 Å². The van der Waals surface area contributed by atoms with Crippen molar-refractivity contribution >= 4 is 0 Å². The quantitative estimate of drug-likeness (QED) is 0.741. The fraction of sp³-hybridized carbons (Fsp3) is 0.750. The van der Waals surface area contributed by atoms with Gasteiger partial charge in [-0.3, -0.25) is 9.58 Å². The van der Waals surface area contributed by atoms with Gasteiger partial charge >= 0.3 is 0 Å². The van der Waals surface area contributed by atoms with Crippen LogP contribution in [0.5, 0.6) is 0 Å². The molecule has 3 nitrogen and oxygen atoms in total. The lowest BCUT2D eigenvalue weighted by Crippen LogP contribution is -2.35. The van der Waals surface area contributed by atoms with E-state index in [2.05, 4.69) is 48.6 Å². The monoisotopic (exact) mass is 207 g/mol. The second-order valence-electron chi connectivity index (χ2n) is 4.99. The highest BCUT2D eigenvalue weighted by molar-refractivity contribution is 5.20. The van der Waals surface area contributed by atoms with E-state index in [4.69, 9.17) is 0 Å². The molecule has 0 atom stereocenters. The molecule has 2 rings (SSSR count). The zero-order valence-corrected chi connectivity index (χ0v) is 10.2. The van der Waals surface area contributed by atoms with Crippen molar-refractivity contribution in [1.29, 1.82) is 0 Å².